The first-order chi connectivity index (χ1) is 15.8. The predicted molar refractivity (Wildman–Crippen MR) is 124 cm³/mol. The molecule has 0 saturated heterocycles. The minimum Gasteiger partial charge on any atom is -0.443 e. The van der Waals surface area contributed by atoms with Crippen LogP contribution in [-0.4, -0.2) is 39.0 Å². The van der Waals surface area contributed by atoms with E-state index in [0.717, 1.165) is 17.2 Å². The molecule has 1 aromatic carbocycles. The van der Waals surface area contributed by atoms with Crippen LogP contribution < -0.4 is 10.6 Å². The zero-order valence-corrected chi connectivity index (χ0v) is 19.8. The van der Waals surface area contributed by atoms with Crippen molar-refractivity contribution < 1.29 is 28.3 Å². The minimum atomic E-state index is -1.34. The second-order valence-corrected chi connectivity index (χ2v) is 8.83. The molecular formula is C24H27FN4O5. The van der Waals surface area contributed by atoms with Crippen LogP contribution in [0.15, 0.2) is 35.0 Å². The number of halogens is 1. The highest BCUT2D eigenvalue weighted by molar-refractivity contribution is 6.14. The van der Waals surface area contributed by atoms with Crippen molar-refractivity contribution in [3.63, 3.8) is 0 Å². The first-order valence-corrected chi connectivity index (χ1v) is 10.5. The number of rotatable bonds is 5. The highest BCUT2D eigenvalue weighted by Gasteiger charge is 2.31. The van der Waals surface area contributed by atoms with Crippen LogP contribution in [0.2, 0.25) is 0 Å². The molecule has 180 valence electrons. The number of aryl methyl sites for hydroxylation is 2. The Bertz CT molecular complexity index is 1210. The van der Waals surface area contributed by atoms with Gasteiger partial charge in [-0.05, 0) is 71.4 Å². The monoisotopic (exact) mass is 470 g/mol. The highest BCUT2D eigenvalue weighted by atomic mass is 19.1. The maximum Gasteiger partial charge on any atom is 0.417 e. The van der Waals surface area contributed by atoms with Gasteiger partial charge in [0, 0.05) is 11.1 Å². The van der Waals surface area contributed by atoms with Gasteiger partial charge in [0.25, 0.3) is 0 Å². The normalized spacial score (nSPS) is 12.4. The Morgan fingerprint density at radius 1 is 1.24 bits per heavy atom. The van der Waals surface area contributed by atoms with E-state index in [1.54, 1.807) is 40.7 Å². The number of aliphatic hydroxyl groups excluding tert-OH is 1. The predicted octanol–water partition coefficient (Wildman–Crippen LogP) is 4.39. The number of ether oxygens (including phenoxy) is 1. The summed E-state index contributed by atoms with van der Waals surface area (Å²) >= 11 is 0. The molecule has 0 aliphatic rings. The molecule has 1 atom stereocenters. The number of carbonyl (C=O) groups is 2. The summed E-state index contributed by atoms with van der Waals surface area (Å²) in [6.07, 6.45) is -1.28. The molecule has 1 amide bonds. The number of aromatic nitrogens is 2. The molecule has 3 rings (SSSR count). The van der Waals surface area contributed by atoms with E-state index >= 15 is 0 Å². The molecule has 3 aromatic rings. The van der Waals surface area contributed by atoms with Gasteiger partial charge in [0.15, 0.2) is 0 Å². The lowest BCUT2D eigenvalue weighted by atomic mass is 9.95. The quantitative estimate of drug-likeness (QED) is 0.319. The van der Waals surface area contributed by atoms with Crippen LogP contribution in [0, 0.1) is 19.7 Å². The molecule has 34 heavy (non-hydrogen) atoms. The summed E-state index contributed by atoms with van der Waals surface area (Å²) in [6, 6.07) is 5.42. The van der Waals surface area contributed by atoms with Crippen molar-refractivity contribution in [2.45, 2.75) is 53.4 Å². The SMILES string of the molecule is Cc1noc(C)c1-c1cc(C(=O)c2ccc(F)cn2)c(N)c(N(C(=O)OC(C)(C)C)C(C)O)c1. The molecule has 2 heterocycles. The first kappa shape index (κ1) is 24.8. The highest BCUT2D eigenvalue weighted by Crippen LogP contribution is 2.38. The van der Waals surface area contributed by atoms with Crippen molar-refractivity contribution in [3.05, 3.63) is 59.0 Å². The third-order valence-electron chi connectivity index (χ3n) is 4.91. The van der Waals surface area contributed by atoms with E-state index in [0.29, 0.717) is 22.6 Å². The molecule has 0 radical (unpaired) electrons. The van der Waals surface area contributed by atoms with E-state index in [1.807, 2.05) is 0 Å². The maximum absolute atomic E-state index is 13.4. The Morgan fingerprint density at radius 2 is 1.91 bits per heavy atom. The van der Waals surface area contributed by atoms with E-state index in [9.17, 15) is 19.1 Å². The Morgan fingerprint density at radius 3 is 2.41 bits per heavy atom. The molecule has 0 aliphatic heterocycles. The second kappa shape index (κ2) is 9.22. The Hall–Kier alpha value is -3.79. The number of nitrogens with zero attached hydrogens (tertiary/aromatic N) is 3. The standard InChI is InChI=1S/C24H27FN4O5/c1-12-20(13(2)34-28-12)15-9-17(22(31)18-8-7-16(25)11-27-18)21(26)19(10-15)29(14(3)30)23(32)33-24(4,5)6/h7-11,14,30H,26H2,1-6H3. The van der Waals surface area contributed by atoms with Gasteiger partial charge in [-0.1, -0.05) is 5.16 Å². The molecule has 3 N–H and O–H groups in total. The maximum atomic E-state index is 13.4. The Kier molecular flexibility index (Phi) is 6.74. The molecule has 0 aliphatic carbocycles. The van der Waals surface area contributed by atoms with Gasteiger partial charge >= 0.3 is 6.09 Å². The van der Waals surface area contributed by atoms with Crippen molar-refractivity contribution in [3.8, 4) is 11.1 Å². The molecule has 0 spiro atoms. The van der Waals surface area contributed by atoms with Gasteiger partial charge in [-0.3, -0.25) is 4.79 Å². The van der Waals surface area contributed by atoms with Crippen LogP contribution in [-0.2, 0) is 4.74 Å². The number of benzene rings is 1. The molecule has 9 nitrogen and oxygen atoms in total. The molecule has 2 aromatic heterocycles. The lowest BCUT2D eigenvalue weighted by molar-refractivity contribution is 0.0490. The smallest absolute Gasteiger partial charge is 0.417 e. The lowest BCUT2D eigenvalue weighted by Gasteiger charge is -2.30. The number of anilines is 2. The topological polar surface area (TPSA) is 132 Å². The van der Waals surface area contributed by atoms with Crippen LogP contribution in [0.4, 0.5) is 20.6 Å². The van der Waals surface area contributed by atoms with E-state index in [-0.39, 0.29) is 22.6 Å². The zero-order valence-electron chi connectivity index (χ0n) is 19.8. The van der Waals surface area contributed by atoms with E-state index in [4.69, 9.17) is 15.0 Å². The van der Waals surface area contributed by atoms with E-state index in [1.165, 1.54) is 19.1 Å². The summed E-state index contributed by atoms with van der Waals surface area (Å²) in [5.41, 5.74) is 7.05. The number of amides is 1. The van der Waals surface area contributed by atoms with Gasteiger partial charge in [-0.2, -0.15) is 0 Å². The van der Waals surface area contributed by atoms with E-state index < -0.39 is 29.5 Å². The summed E-state index contributed by atoms with van der Waals surface area (Å²) in [6.45, 7) is 9.85. The fraction of sp³-hybridized carbons (Fsp3) is 0.333. The molecule has 0 bridgehead atoms. The van der Waals surface area contributed by atoms with Crippen molar-refractivity contribution in [1.29, 1.82) is 0 Å². The number of hydrogen-bond donors (Lipinski definition) is 2. The van der Waals surface area contributed by atoms with Crippen LogP contribution in [0.25, 0.3) is 11.1 Å². The molecule has 0 saturated carbocycles. The first-order valence-electron chi connectivity index (χ1n) is 10.5. The van der Waals surface area contributed by atoms with Gasteiger partial charge in [0.1, 0.15) is 29.1 Å². The molecular weight excluding hydrogens is 443 g/mol. The number of nitrogens with two attached hydrogens (primary N) is 1. The van der Waals surface area contributed by atoms with Crippen LogP contribution >= 0.6 is 0 Å². The third kappa shape index (κ3) is 5.07. The average molecular weight is 471 g/mol. The summed E-state index contributed by atoms with van der Waals surface area (Å²) in [4.78, 5) is 31.1. The number of pyridine rings is 1. The fourth-order valence-electron chi connectivity index (χ4n) is 3.48. The van der Waals surface area contributed by atoms with E-state index in [2.05, 4.69) is 10.1 Å². The fourth-order valence-corrected chi connectivity index (χ4v) is 3.48. The summed E-state index contributed by atoms with van der Waals surface area (Å²) in [5.74, 6) is -0.714. The molecule has 0 fully saturated rings. The number of aliphatic hydroxyl groups is 1. The third-order valence-corrected chi connectivity index (χ3v) is 4.91. The van der Waals surface area contributed by atoms with Crippen molar-refractivity contribution in [2.24, 2.45) is 0 Å². The van der Waals surface area contributed by atoms with Crippen LogP contribution in [0.3, 0.4) is 0 Å². The number of ketones is 1. The lowest BCUT2D eigenvalue weighted by Crippen LogP contribution is -2.42. The largest absolute Gasteiger partial charge is 0.443 e. The van der Waals surface area contributed by atoms with Crippen molar-refractivity contribution >= 4 is 23.3 Å². The average Bonchev–Trinajstić information content (AvgIpc) is 3.06. The molecule has 10 heteroatoms. The van der Waals surface area contributed by atoms with Crippen molar-refractivity contribution in [1.82, 2.24) is 10.1 Å². The summed E-state index contributed by atoms with van der Waals surface area (Å²) in [5, 5.41) is 14.4. The zero-order chi connectivity index (χ0) is 25.4. The number of carbonyl (C=O) groups excluding carboxylic acids is 2. The summed E-state index contributed by atoms with van der Waals surface area (Å²) < 4.78 is 24.1. The Labute approximate surface area is 196 Å². The van der Waals surface area contributed by atoms with Crippen LogP contribution in [0.1, 0.15) is 55.2 Å². The van der Waals surface area contributed by atoms with Gasteiger partial charge in [0.05, 0.1) is 23.3 Å². The van der Waals surface area contributed by atoms with Crippen LogP contribution in [0.5, 0.6) is 0 Å². The second-order valence-electron chi connectivity index (χ2n) is 8.83. The van der Waals surface area contributed by atoms with Gasteiger partial charge in [0.2, 0.25) is 5.78 Å². The molecule has 1 unspecified atom stereocenters. The number of hydrogen-bond acceptors (Lipinski definition) is 8. The Balaban J connectivity index is 2.27. The van der Waals surface area contributed by atoms with Gasteiger partial charge in [-0.15, -0.1) is 0 Å². The minimum absolute atomic E-state index is 0.000756. The van der Waals surface area contributed by atoms with Gasteiger partial charge < -0.3 is 20.1 Å². The summed E-state index contributed by atoms with van der Waals surface area (Å²) in [7, 11) is 0. The van der Waals surface area contributed by atoms with Crippen molar-refractivity contribution in [2.75, 3.05) is 10.6 Å². The van der Waals surface area contributed by atoms with Gasteiger partial charge in [-0.25, -0.2) is 19.1 Å². The number of nitrogen functional groups attached to an aromatic ring is 1.